The van der Waals surface area contributed by atoms with Crippen LogP contribution < -0.4 is 16.1 Å². The van der Waals surface area contributed by atoms with E-state index in [1.54, 1.807) is 18.2 Å². The third-order valence-electron chi connectivity index (χ3n) is 5.57. The van der Waals surface area contributed by atoms with Gasteiger partial charge >= 0.3 is 0 Å². The van der Waals surface area contributed by atoms with Crippen LogP contribution in [0, 0.1) is 11.3 Å². The largest absolute Gasteiger partial charge is 0.391 e. The van der Waals surface area contributed by atoms with Crippen LogP contribution in [0.2, 0.25) is 0 Å². The van der Waals surface area contributed by atoms with Crippen molar-refractivity contribution in [3.05, 3.63) is 70.8 Å². The Hall–Kier alpha value is -3.21. The molecule has 0 bridgehead atoms. The molecule has 154 valence electrons. The minimum Gasteiger partial charge on any atom is -0.391 e. The van der Waals surface area contributed by atoms with Crippen LogP contribution in [-0.4, -0.2) is 38.2 Å². The normalized spacial score (nSPS) is 16.8. The molecule has 0 aliphatic carbocycles. The molecule has 2 aromatic carbocycles. The van der Waals surface area contributed by atoms with E-state index in [4.69, 9.17) is 10.7 Å². The van der Waals surface area contributed by atoms with E-state index in [-0.39, 0.29) is 5.90 Å². The van der Waals surface area contributed by atoms with Gasteiger partial charge in [0.15, 0.2) is 0 Å². The molecule has 2 aliphatic rings. The number of alkyl halides is 1. The van der Waals surface area contributed by atoms with Crippen molar-refractivity contribution in [2.75, 3.05) is 31.1 Å². The summed E-state index contributed by atoms with van der Waals surface area (Å²) in [7, 11) is 0. The first-order chi connectivity index (χ1) is 14.6. The molecule has 0 spiro atoms. The van der Waals surface area contributed by atoms with Crippen LogP contribution in [0.5, 0.6) is 0 Å². The molecule has 0 aromatic heterocycles. The van der Waals surface area contributed by atoms with Crippen LogP contribution >= 0.6 is 0 Å². The highest BCUT2D eigenvalue weighted by Gasteiger charge is 2.28. The topological polar surface area (TPSA) is 86.7 Å². The van der Waals surface area contributed by atoms with Crippen molar-refractivity contribution >= 4 is 17.3 Å². The molecule has 7 heteroatoms. The number of nitrogens with zero attached hydrogens (tertiary/aromatic N) is 3. The average Bonchev–Trinajstić information content (AvgIpc) is 2.99. The van der Waals surface area contributed by atoms with Gasteiger partial charge in [0.25, 0.3) is 0 Å². The van der Waals surface area contributed by atoms with Gasteiger partial charge in [-0.05, 0) is 66.9 Å². The monoisotopic (exact) mass is 405 g/mol. The highest BCUT2D eigenvalue weighted by Crippen LogP contribution is 2.28. The summed E-state index contributed by atoms with van der Waals surface area (Å²) in [5.74, 6) is 5.66. The Morgan fingerprint density at radius 2 is 1.90 bits per heavy atom. The SMILES string of the molecule is C=C(/N=C(\ON)c1ccc(N2CC(F)C2)c(C#N)c1)c1ccc2c(c1)CCNCC2. The fourth-order valence-electron chi connectivity index (χ4n) is 3.86. The summed E-state index contributed by atoms with van der Waals surface area (Å²) in [4.78, 5) is 11.3. The summed E-state index contributed by atoms with van der Waals surface area (Å²) in [6, 6.07) is 13.6. The van der Waals surface area contributed by atoms with Crippen molar-refractivity contribution < 1.29 is 9.23 Å². The summed E-state index contributed by atoms with van der Waals surface area (Å²) in [5, 5.41) is 12.9. The van der Waals surface area contributed by atoms with Gasteiger partial charge in [-0.3, -0.25) is 0 Å². The number of anilines is 1. The average molecular weight is 405 g/mol. The molecule has 2 heterocycles. The predicted octanol–water partition coefficient (Wildman–Crippen LogP) is 2.71. The van der Waals surface area contributed by atoms with Crippen molar-refractivity contribution in [3.63, 3.8) is 0 Å². The van der Waals surface area contributed by atoms with Crippen molar-refractivity contribution in [2.24, 2.45) is 10.9 Å². The summed E-state index contributed by atoms with van der Waals surface area (Å²) in [6.45, 7) is 6.61. The van der Waals surface area contributed by atoms with Crippen molar-refractivity contribution in [1.29, 1.82) is 5.26 Å². The minimum absolute atomic E-state index is 0.173. The zero-order valence-electron chi connectivity index (χ0n) is 16.7. The zero-order valence-corrected chi connectivity index (χ0v) is 16.7. The van der Waals surface area contributed by atoms with E-state index in [0.717, 1.165) is 31.5 Å². The lowest BCUT2D eigenvalue weighted by atomic mass is 9.99. The van der Waals surface area contributed by atoms with E-state index in [1.807, 2.05) is 11.0 Å². The fraction of sp³-hybridized carbons (Fsp3) is 0.304. The van der Waals surface area contributed by atoms with E-state index < -0.39 is 6.17 Å². The Morgan fingerprint density at radius 1 is 1.17 bits per heavy atom. The number of nitrogens with one attached hydrogen (secondary N) is 1. The van der Waals surface area contributed by atoms with Crippen LogP contribution in [0.4, 0.5) is 10.1 Å². The first-order valence-electron chi connectivity index (χ1n) is 10.00. The molecule has 1 saturated heterocycles. The van der Waals surface area contributed by atoms with Crippen molar-refractivity contribution in [3.8, 4) is 6.07 Å². The van der Waals surface area contributed by atoms with Gasteiger partial charge < -0.3 is 15.1 Å². The second-order valence-corrected chi connectivity index (χ2v) is 7.56. The molecule has 3 N–H and O–H groups in total. The van der Waals surface area contributed by atoms with Crippen LogP contribution in [0.3, 0.4) is 0 Å². The number of benzene rings is 2. The summed E-state index contributed by atoms with van der Waals surface area (Å²) >= 11 is 0. The van der Waals surface area contributed by atoms with Crippen molar-refractivity contribution in [2.45, 2.75) is 19.0 Å². The number of hydrogen-bond acceptors (Lipinski definition) is 6. The van der Waals surface area contributed by atoms with E-state index in [9.17, 15) is 9.65 Å². The predicted molar refractivity (Wildman–Crippen MR) is 116 cm³/mol. The summed E-state index contributed by atoms with van der Waals surface area (Å²) in [5.41, 5.74) is 5.75. The number of fused-ring (bicyclic) bond motifs is 1. The third-order valence-corrected chi connectivity index (χ3v) is 5.57. The maximum absolute atomic E-state index is 13.2. The molecule has 4 rings (SSSR count). The molecule has 1 fully saturated rings. The van der Waals surface area contributed by atoms with Gasteiger partial charge in [-0.25, -0.2) is 9.38 Å². The van der Waals surface area contributed by atoms with Gasteiger partial charge in [0, 0.05) is 5.56 Å². The van der Waals surface area contributed by atoms with Gasteiger partial charge in [-0.1, -0.05) is 18.7 Å². The molecule has 0 radical (unpaired) electrons. The second-order valence-electron chi connectivity index (χ2n) is 7.56. The van der Waals surface area contributed by atoms with Gasteiger partial charge in [0.05, 0.1) is 30.0 Å². The first kappa shape index (κ1) is 20.1. The van der Waals surface area contributed by atoms with E-state index in [0.29, 0.717) is 35.6 Å². The number of aliphatic imine (C=N–C) groups is 1. The van der Waals surface area contributed by atoms with Crippen molar-refractivity contribution in [1.82, 2.24) is 5.32 Å². The molecule has 0 saturated carbocycles. The van der Waals surface area contributed by atoms with Gasteiger partial charge in [-0.2, -0.15) is 11.2 Å². The number of rotatable bonds is 4. The Kier molecular flexibility index (Phi) is 5.79. The maximum Gasteiger partial charge on any atom is 0.245 e. The lowest BCUT2D eigenvalue weighted by Crippen LogP contribution is -2.48. The minimum atomic E-state index is -0.847. The van der Waals surface area contributed by atoms with E-state index in [2.05, 4.69) is 35.1 Å². The molecule has 2 aromatic rings. The summed E-state index contributed by atoms with van der Waals surface area (Å²) in [6.07, 6.45) is 1.12. The van der Waals surface area contributed by atoms with E-state index in [1.165, 1.54) is 11.1 Å². The number of nitrogens with two attached hydrogens (primary N) is 1. The Balaban J connectivity index is 1.60. The highest BCUT2D eigenvalue weighted by molar-refractivity contribution is 5.98. The molecule has 0 amide bonds. The molecule has 6 nitrogen and oxygen atoms in total. The number of nitriles is 1. The summed E-state index contributed by atoms with van der Waals surface area (Å²) < 4.78 is 13.2. The molecule has 30 heavy (non-hydrogen) atoms. The van der Waals surface area contributed by atoms with Crippen LogP contribution in [0.1, 0.15) is 27.8 Å². The smallest absolute Gasteiger partial charge is 0.245 e. The Bertz CT molecular complexity index is 1040. The molecule has 0 atom stereocenters. The van der Waals surface area contributed by atoms with Crippen LogP contribution in [-0.2, 0) is 17.7 Å². The van der Waals surface area contributed by atoms with Crippen LogP contribution in [0.25, 0.3) is 5.70 Å². The lowest BCUT2D eigenvalue weighted by Gasteiger charge is -2.36. The van der Waals surface area contributed by atoms with E-state index >= 15 is 0 Å². The quantitative estimate of drug-likeness (QED) is 0.464. The second kappa shape index (κ2) is 8.66. The number of halogens is 1. The first-order valence-corrected chi connectivity index (χ1v) is 10.00. The molecular formula is C23H24FN5O. The lowest BCUT2D eigenvalue weighted by molar-refractivity contribution is 0.275. The maximum atomic E-state index is 13.2. The Morgan fingerprint density at radius 3 is 2.60 bits per heavy atom. The van der Waals surface area contributed by atoms with Gasteiger partial charge in [0.1, 0.15) is 12.2 Å². The molecule has 0 unspecified atom stereocenters. The third kappa shape index (κ3) is 4.06. The Labute approximate surface area is 175 Å². The van der Waals surface area contributed by atoms with Gasteiger partial charge in [0.2, 0.25) is 5.90 Å². The van der Waals surface area contributed by atoms with Gasteiger partial charge in [-0.15, -0.1) is 0 Å². The standard InChI is InChI=1S/C23H24FN5O/c1-15(17-3-2-16-6-8-27-9-7-18(16)10-17)28-23(30-26)19-4-5-22(20(11-19)12-25)29-13-21(24)14-29/h2-5,10-11,21,27H,1,6-9,13-14,26H2/b28-23-. The zero-order chi connectivity index (χ0) is 21.1. The van der Waals surface area contributed by atoms with Crippen LogP contribution in [0.15, 0.2) is 48.0 Å². The highest BCUT2D eigenvalue weighted by atomic mass is 19.1. The fourth-order valence-corrected chi connectivity index (χ4v) is 3.86. The molecule has 2 aliphatic heterocycles. The molecular weight excluding hydrogens is 381 g/mol. The number of hydrogen-bond donors (Lipinski definition) is 2.